The minimum absolute atomic E-state index is 0.108. The van der Waals surface area contributed by atoms with Crippen molar-refractivity contribution >= 4 is 11.6 Å². The Labute approximate surface area is 107 Å². The molecule has 0 saturated carbocycles. The van der Waals surface area contributed by atoms with Crippen LogP contribution in [0.25, 0.3) is 0 Å². The Bertz CT molecular complexity index is 408. The first-order valence-electron chi connectivity index (χ1n) is 5.53. The Morgan fingerprint density at radius 3 is 2.41 bits per heavy atom. The summed E-state index contributed by atoms with van der Waals surface area (Å²) in [7, 11) is 3.32. The second-order valence-corrected chi connectivity index (χ2v) is 4.70. The van der Waals surface area contributed by atoms with E-state index in [0.717, 1.165) is 22.6 Å². The predicted molar refractivity (Wildman–Crippen MR) is 67.5 cm³/mol. The molecule has 17 heavy (non-hydrogen) atoms. The number of aryl methyl sites for hydroxylation is 1. The SMILES string of the molecule is COc1cc(C)c(C2(CCl)COC2)c(OC)c1. The van der Waals surface area contributed by atoms with Crippen LogP contribution in [0.15, 0.2) is 12.1 Å². The van der Waals surface area contributed by atoms with Gasteiger partial charge in [0.2, 0.25) is 0 Å². The number of alkyl halides is 1. The van der Waals surface area contributed by atoms with Crippen LogP contribution in [0.4, 0.5) is 0 Å². The van der Waals surface area contributed by atoms with Gasteiger partial charge in [0.05, 0.1) is 32.8 Å². The molecule has 94 valence electrons. The van der Waals surface area contributed by atoms with Gasteiger partial charge in [-0.1, -0.05) is 0 Å². The van der Waals surface area contributed by atoms with Gasteiger partial charge in [-0.3, -0.25) is 0 Å². The fourth-order valence-corrected chi connectivity index (χ4v) is 2.61. The van der Waals surface area contributed by atoms with Gasteiger partial charge in [0.1, 0.15) is 11.5 Å². The summed E-state index contributed by atoms with van der Waals surface area (Å²) in [6, 6.07) is 3.90. The average Bonchev–Trinajstić information content (AvgIpc) is 2.29. The van der Waals surface area contributed by atoms with Crippen LogP contribution < -0.4 is 9.47 Å². The zero-order valence-electron chi connectivity index (χ0n) is 10.4. The second-order valence-electron chi connectivity index (χ2n) is 4.43. The van der Waals surface area contributed by atoms with Crippen molar-refractivity contribution < 1.29 is 14.2 Å². The molecular weight excluding hydrogens is 240 g/mol. The van der Waals surface area contributed by atoms with Gasteiger partial charge in [0.15, 0.2) is 0 Å². The van der Waals surface area contributed by atoms with E-state index >= 15 is 0 Å². The first-order valence-corrected chi connectivity index (χ1v) is 6.07. The Hall–Kier alpha value is -0.930. The third-order valence-electron chi connectivity index (χ3n) is 3.27. The van der Waals surface area contributed by atoms with E-state index in [-0.39, 0.29) is 5.41 Å². The van der Waals surface area contributed by atoms with Crippen molar-refractivity contribution in [3.05, 3.63) is 23.3 Å². The minimum atomic E-state index is -0.108. The highest BCUT2D eigenvalue weighted by molar-refractivity contribution is 6.18. The van der Waals surface area contributed by atoms with Gasteiger partial charge >= 0.3 is 0 Å². The lowest BCUT2D eigenvalue weighted by molar-refractivity contribution is -0.0492. The van der Waals surface area contributed by atoms with Crippen molar-refractivity contribution in [2.75, 3.05) is 33.3 Å². The second kappa shape index (κ2) is 4.75. The Balaban J connectivity index is 2.52. The molecule has 1 aromatic rings. The van der Waals surface area contributed by atoms with Crippen LogP contribution >= 0.6 is 11.6 Å². The Kier molecular flexibility index (Phi) is 3.50. The topological polar surface area (TPSA) is 27.7 Å². The summed E-state index contributed by atoms with van der Waals surface area (Å²) in [6.07, 6.45) is 0. The molecule has 0 radical (unpaired) electrons. The number of methoxy groups -OCH3 is 2. The molecule has 3 nitrogen and oxygen atoms in total. The van der Waals surface area contributed by atoms with Crippen LogP contribution in [0.3, 0.4) is 0 Å². The molecule has 4 heteroatoms. The number of ether oxygens (including phenoxy) is 3. The number of rotatable bonds is 4. The van der Waals surface area contributed by atoms with Crippen molar-refractivity contribution in [2.24, 2.45) is 0 Å². The molecule has 0 aromatic heterocycles. The smallest absolute Gasteiger partial charge is 0.126 e. The lowest BCUT2D eigenvalue weighted by Crippen LogP contribution is -2.49. The van der Waals surface area contributed by atoms with E-state index in [2.05, 4.69) is 0 Å². The van der Waals surface area contributed by atoms with Crippen LogP contribution in [-0.2, 0) is 10.2 Å². The molecule has 0 spiro atoms. The van der Waals surface area contributed by atoms with Crippen molar-refractivity contribution in [1.29, 1.82) is 0 Å². The Morgan fingerprint density at radius 1 is 1.29 bits per heavy atom. The van der Waals surface area contributed by atoms with Crippen LogP contribution in [-0.4, -0.2) is 33.3 Å². The summed E-state index contributed by atoms with van der Waals surface area (Å²) < 4.78 is 16.0. The molecule has 0 atom stereocenters. The summed E-state index contributed by atoms with van der Waals surface area (Å²) in [5, 5.41) is 0. The fourth-order valence-electron chi connectivity index (χ4n) is 2.32. The summed E-state index contributed by atoms with van der Waals surface area (Å²) in [5.41, 5.74) is 2.16. The number of hydrogen-bond donors (Lipinski definition) is 0. The van der Waals surface area contributed by atoms with E-state index in [9.17, 15) is 0 Å². The largest absolute Gasteiger partial charge is 0.497 e. The van der Waals surface area contributed by atoms with Crippen LogP contribution in [0.1, 0.15) is 11.1 Å². The lowest BCUT2D eigenvalue weighted by Gasteiger charge is -2.42. The van der Waals surface area contributed by atoms with E-state index in [4.69, 9.17) is 25.8 Å². The highest BCUT2D eigenvalue weighted by Crippen LogP contribution is 2.42. The highest BCUT2D eigenvalue weighted by atomic mass is 35.5. The zero-order chi connectivity index (χ0) is 12.5. The van der Waals surface area contributed by atoms with Gasteiger partial charge in [0.25, 0.3) is 0 Å². The van der Waals surface area contributed by atoms with Crippen molar-refractivity contribution in [3.63, 3.8) is 0 Å². The van der Waals surface area contributed by atoms with Crippen molar-refractivity contribution in [1.82, 2.24) is 0 Å². The molecule has 1 heterocycles. The molecule has 0 bridgehead atoms. The quantitative estimate of drug-likeness (QED) is 0.775. The molecule has 0 N–H and O–H groups in total. The lowest BCUT2D eigenvalue weighted by atomic mass is 9.77. The summed E-state index contributed by atoms with van der Waals surface area (Å²) in [5.74, 6) is 2.16. The van der Waals surface area contributed by atoms with Gasteiger partial charge in [-0.15, -0.1) is 11.6 Å². The first kappa shape index (κ1) is 12.5. The third-order valence-corrected chi connectivity index (χ3v) is 3.78. The van der Waals surface area contributed by atoms with E-state index in [1.54, 1.807) is 14.2 Å². The summed E-state index contributed by atoms with van der Waals surface area (Å²) >= 11 is 6.10. The first-order chi connectivity index (χ1) is 8.16. The van der Waals surface area contributed by atoms with Gasteiger partial charge in [-0.05, 0) is 18.6 Å². The van der Waals surface area contributed by atoms with Crippen LogP contribution in [0, 0.1) is 6.92 Å². The van der Waals surface area contributed by atoms with E-state index in [0.29, 0.717) is 19.1 Å². The Morgan fingerprint density at radius 2 is 2.00 bits per heavy atom. The molecule has 1 aromatic carbocycles. The van der Waals surface area contributed by atoms with Gasteiger partial charge in [-0.25, -0.2) is 0 Å². The normalized spacial score (nSPS) is 17.4. The molecule has 0 amide bonds. The van der Waals surface area contributed by atoms with E-state index < -0.39 is 0 Å². The summed E-state index contributed by atoms with van der Waals surface area (Å²) in [4.78, 5) is 0. The summed E-state index contributed by atoms with van der Waals surface area (Å²) in [6.45, 7) is 3.35. The molecule has 0 unspecified atom stereocenters. The minimum Gasteiger partial charge on any atom is -0.497 e. The average molecular weight is 257 g/mol. The molecule has 1 aliphatic rings. The molecule has 1 fully saturated rings. The number of halogens is 1. The standard InChI is InChI=1S/C13H17ClO3/c1-9-4-10(15-2)5-11(16-3)12(9)13(6-14)7-17-8-13/h4-5H,6-8H2,1-3H3. The predicted octanol–water partition coefficient (Wildman–Crippen LogP) is 2.52. The zero-order valence-corrected chi connectivity index (χ0v) is 11.1. The maximum atomic E-state index is 6.10. The number of benzene rings is 1. The maximum absolute atomic E-state index is 6.10. The van der Waals surface area contributed by atoms with Gasteiger partial charge < -0.3 is 14.2 Å². The van der Waals surface area contributed by atoms with E-state index in [1.807, 2.05) is 19.1 Å². The van der Waals surface area contributed by atoms with Gasteiger partial charge in [0, 0.05) is 17.5 Å². The van der Waals surface area contributed by atoms with Gasteiger partial charge in [-0.2, -0.15) is 0 Å². The molecular formula is C13H17ClO3. The molecule has 1 aliphatic heterocycles. The molecule has 1 saturated heterocycles. The third kappa shape index (κ3) is 1.98. The highest BCUT2D eigenvalue weighted by Gasteiger charge is 2.43. The van der Waals surface area contributed by atoms with Crippen molar-refractivity contribution in [2.45, 2.75) is 12.3 Å². The fraction of sp³-hybridized carbons (Fsp3) is 0.538. The molecule has 0 aliphatic carbocycles. The monoisotopic (exact) mass is 256 g/mol. The van der Waals surface area contributed by atoms with E-state index in [1.165, 1.54) is 0 Å². The van der Waals surface area contributed by atoms with Crippen LogP contribution in [0.5, 0.6) is 11.5 Å². The maximum Gasteiger partial charge on any atom is 0.126 e. The number of hydrogen-bond acceptors (Lipinski definition) is 3. The molecule has 2 rings (SSSR count). The van der Waals surface area contributed by atoms with Crippen molar-refractivity contribution in [3.8, 4) is 11.5 Å². The van der Waals surface area contributed by atoms with Crippen LogP contribution in [0.2, 0.25) is 0 Å².